The van der Waals surface area contributed by atoms with Crippen molar-refractivity contribution in [2.75, 3.05) is 5.32 Å². The molecule has 4 rings (SSSR count). The van der Waals surface area contributed by atoms with Crippen molar-refractivity contribution >= 4 is 39.8 Å². The number of thiophene rings is 1. The van der Waals surface area contributed by atoms with Gasteiger partial charge in [0.1, 0.15) is 10.6 Å². The van der Waals surface area contributed by atoms with Crippen LogP contribution in [0.2, 0.25) is 0 Å². The first-order chi connectivity index (χ1) is 16.2. The van der Waals surface area contributed by atoms with Gasteiger partial charge in [-0.1, -0.05) is 29.8 Å². The summed E-state index contributed by atoms with van der Waals surface area (Å²) in [5, 5.41) is 7.26. The summed E-state index contributed by atoms with van der Waals surface area (Å²) in [7, 11) is 0. The Bertz CT molecular complexity index is 1420. The number of fused-ring (bicyclic) bond motifs is 1. The molecule has 3 heterocycles. The molecule has 0 aliphatic heterocycles. The van der Waals surface area contributed by atoms with E-state index in [2.05, 4.69) is 15.4 Å². The number of ether oxygens (including phenoxy) is 1. The first-order valence-corrected chi connectivity index (χ1v) is 11.3. The number of rotatable bonds is 6. The maximum Gasteiger partial charge on any atom is 0.341 e. The number of anilines is 1. The Morgan fingerprint density at radius 2 is 1.82 bits per heavy atom. The van der Waals surface area contributed by atoms with Gasteiger partial charge in [0.05, 0.1) is 28.4 Å². The highest BCUT2D eigenvalue weighted by molar-refractivity contribution is 7.18. The third-order valence-corrected chi connectivity index (χ3v) is 6.36. The molecule has 174 valence electrons. The van der Waals surface area contributed by atoms with Crippen LogP contribution >= 0.6 is 11.3 Å². The molecule has 10 heteroatoms. The number of benzene rings is 1. The summed E-state index contributed by atoms with van der Waals surface area (Å²) in [5.74, 6) is -1.87. The highest BCUT2D eigenvalue weighted by Crippen LogP contribution is 2.34. The van der Waals surface area contributed by atoms with Gasteiger partial charge in [0.25, 0.3) is 11.8 Å². The van der Waals surface area contributed by atoms with Gasteiger partial charge >= 0.3 is 5.97 Å². The highest BCUT2D eigenvalue weighted by Gasteiger charge is 2.27. The maximum atomic E-state index is 13.2. The van der Waals surface area contributed by atoms with E-state index < -0.39 is 17.8 Å². The van der Waals surface area contributed by atoms with E-state index in [-0.39, 0.29) is 27.1 Å². The van der Waals surface area contributed by atoms with Gasteiger partial charge in [0.15, 0.2) is 5.65 Å². The number of hydrogen-bond donors (Lipinski definition) is 2. The van der Waals surface area contributed by atoms with Crippen molar-refractivity contribution < 1.29 is 19.1 Å². The molecule has 4 aromatic rings. The lowest BCUT2D eigenvalue weighted by molar-refractivity contribution is 0.0379. The number of carbonyl (C=O) groups is 3. The van der Waals surface area contributed by atoms with Crippen LogP contribution < -0.4 is 11.1 Å². The number of aromatic nitrogens is 3. The summed E-state index contributed by atoms with van der Waals surface area (Å²) in [6, 6.07) is 9.74. The van der Waals surface area contributed by atoms with E-state index in [9.17, 15) is 14.4 Å². The number of primary amides is 1. The standard InChI is InChI=1S/C24H23N5O4S/c1-12(2)33-24(32)18-14(4)19(20(25)30)34-23(18)28-22(31)16-11-27-29-17(9-10-26-21(16)29)15-7-5-13(3)6-8-15/h5-12H,1-4H3,(H2,25,30)(H,28,31). The molecule has 0 saturated heterocycles. The van der Waals surface area contributed by atoms with Crippen LogP contribution in [0.25, 0.3) is 16.9 Å². The zero-order valence-electron chi connectivity index (χ0n) is 19.1. The normalized spacial score (nSPS) is 11.1. The Hall–Kier alpha value is -4.05. The van der Waals surface area contributed by atoms with Crippen molar-refractivity contribution in [1.82, 2.24) is 14.6 Å². The van der Waals surface area contributed by atoms with Crippen molar-refractivity contribution in [2.45, 2.75) is 33.8 Å². The lowest BCUT2D eigenvalue weighted by Crippen LogP contribution is -2.17. The average molecular weight is 478 g/mol. The summed E-state index contributed by atoms with van der Waals surface area (Å²) in [6.45, 7) is 7.02. The molecule has 0 saturated carbocycles. The van der Waals surface area contributed by atoms with Gasteiger partial charge in [-0.3, -0.25) is 9.59 Å². The summed E-state index contributed by atoms with van der Waals surface area (Å²) in [5.41, 5.74) is 9.31. The summed E-state index contributed by atoms with van der Waals surface area (Å²) < 4.78 is 6.89. The van der Waals surface area contributed by atoms with Crippen LogP contribution in [0.15, 0.2) is 42.7 Å². The SMILES string of the molecule is Cc1ccc(-c2ccnc3c(C(=O)Nc4sc(C(N)=O)c(C)c4C(=O)OC(C)C)cnn23)cc1. The quantitative estimate of drug-likeness (QED) is 0.404. The minimum atomic E-state index is -0.693. The molecule has 0 spiro atoms. The molecule has 0 unspecified atom stereocenters. The number of esters is 1. The molecule has 0 aliphatic carbocycles. The lowest BCUT2D eigenvalue weighted by Gasteiger charge is -2.10. The van der Waals surface area contributed by atoms with Crippen LogP contribution in [0.5, 0.6) is 0 Å². The number of aryl methyl sites for hydroxylation is 1. The lowest BCUT2D eigenvalue weighted by atomic mass is 10.1. The Morgan fingerprint density at radius 1 is 1.12 bits per heavy atom. The predicted octanol–water partition coefficient (Wildman–Crippen LogP) is 3.99. The van der Waals surface area contributed by atoms with E-state index in [0.29, 0.717) is 11.2 Å². The van der Waals surface area contributed by atoms with Crippen LogP contribution in [0.1, 0.15) is 55.4 Å². The second kappa shape index (κ2) is 9.06. The van der Waals surface area contributed by atoms with E-state index in [1.807, 2.05) is 37.3 Å². The largest absolute Gasteiger partial charge is 0.459 e. The van der Waals surface area contributed by atoms with Crippen molar-refractivity contribution in [3.63, 3.8) is 0 Å². The minimum absolute atomic E-state index is 0.102. The second-order valence-corrected chi connectivity index (χ2v) is 9.04. The van der Waals surface area contributed by atoms with Crippen LogP contribution in [-0.2, 0) is 4.74 Å². The number of nitrogens with zero attached hydrogens (tertiary/aromatic N) is 3. The van der Waals surface area contributed by atoms with E-state index in [0.717, 1.165) is 28.2 Å². The first kappa shape index (κ1) is 23.1. The van der Waals surface area contributed by atoms with E-state index in [1.165, 1.54) is 6.20 Å². The van der Waals surface area contributed by atoms with Gasteiger partial charge in [-0.2, -0.15) is 5.10 Å². The average Bonchev–Trinajstić information content (AvgIpc) is 3.35. The molecule has 2 amide bonds. The number of amides is 2. The second-order valence-electron chi connectivity index (χ2n) is 8.02. The third kappa shape index (κ3) is 4.27. The van der Waals surface area contributed by atoms with Gasteiger partial charge in [0, 0.05) is 11.8 Å². The fraction of sp³-hybridized carbons (Fsp3) is 0.208. The van der Waals surface area contributed by atoms with Gasteiger partial charge in [-0.25, -0.2) is 14.3 Å². The Labute approximate surface area is 199 Å². The van der Waals surface area contributed by atoms with Crippen LogP contribution in [-0.4, -0.2) is 38.5 Å². The van der Waals surface area contributed by atoms with E-state index in [4.69, 9.17) is 10.5 Å². The molecule has 9 nitrogen and oxygen atoms in total. The molecule has 0 bridgehead atoms. The van der Waals surface area contributed by atoms with Crippen molar-refractivity contribution in [3.8, 4) is 11.3 Å². The zero-order valence-corrected chi connectivity index (χ0v) is 19.9. The highest BCUT2D eigenvalue weighted by atomic mass is 32.1. The Balaban J connectivity index is 1.72. The zero-order chi connectivity index (χ0) is 24.6. The van der Waals surface area contributed by atoms with Gasteiger partial charge in [0.2, 0.25) is 0 Å². The monoisotopic (exact) mass is 477 g/mol. The fourth-order valence-electron chi connectivity index (χ4n) is 3.52. The summed E-state index contributed by atoms with van der Waals surface area (Å²) in [6.07, 6.45) is 2.64. The van der Waals surface area contributed by atoms with Gasteiger partial charge < -0.3 is 15.8 Å². The summed E-state index contributed by atoms with van der Waals surface area (Å²) in [4.78, 5) is 42.3. The summed E-state index contributed by atoms with van der Waals surface area (Å²) >= 11 is 0.927. The van der Waals surface area contributed by atoms with Crippen molar-refractivity contribution in [3.05, 3.63) is 69.9 Å². The van der Waals surface area contributed by atoms with Crippen LogP contribution in [0.4, 0.5) is 5.00 Å². The molecule has 0 aliphatic rings. The molecule has 1 aromatic carbocycles. The third-order valence-electron chi connectivity index (χ3n) is 5.14. The van der Waals surface area contributed by atoms with Crippen LogP contribution in [0.3, 0.4) is 0 Å². The first-order valence-electron chi connectivity index (χ1n) is 10.5. The number of hydrogen-bond acceptors (Lipinski definition) is 7. The number of carbonyl (C=O) groups excluding carboxylic acids is 3. The smallest absolute Gasteiger partial charge is 0.341 e. The van der Waals surface area contributed by atoms with Crippen molar-refractivity contribution in [1.29, 1.82) is 0 Å². The Kier molecular flexibility index (Phi) is 6.16. The fourth-order valence-corrected chi connectivity index (χ4v) is 4.56. The molecular formula is C24H23N5O4S. The number of nitrogens with two attached hydrogens (primary N) is 1. The van der Waals surface area contributed by atoms with E-state index in [1.54, 1.807) is 31.5 Å². The van der Waals surface area contributed by atoms with E-state index >= 15 is 0 Å². The molecule has 3 aromatic heterocycles. The topological polar surface area (TPSA) is 129 Å². The minimum Gasteiger partial charge on any atom is -0.459 e. The predicted molar refractivity (Wildman–Crippen MR) is 129 cm³/mol. The van der Waals surface area contributed by atoms with Crippen molar-refractivity contribution in [2.24, 2.45) is 5.73 Å². The molecule has 34 heavy (non-hydrogen) atoms. The van der Waals surface area contributed by atoms with Crippen LogP contribution in [0, 0.1) is 13.8 Å². The maximum absolute atomic E-state index is 13.2. The van der Waals surface area contributed by atoms with Gasteiger partial charge in [-0.15, -0.1) is 11.3 Å². The number of nitrogens with one attached hydrogen (secondary N) is 1. The molecule has 0 fully saturated rings. The molecular weight excluding hydrogens is 454 g/mol. The molecule has 3 N–H and O–H groups in total. The molecule has 0 atom stereocenters. The molecule has 0 radical (unpaired) electrons. The van der Waals surface area contributed by atoms with Gasteiger partial charge in [-0.05, 0) is 39.3 Å². The Morgan fingerprint density at radius 3 is 2.47 bits per heavy atom.